The van der Waals surface area contributed by atoms with Crippen LogP contribution in [0.15, 0.2) is 0 Å². The average molecular weight is 407 g/mol. The minimum atomic E-state index is -2.24. The van der Waals surface area contributed by atoms with Crippen molar-refractivity contribution >= 4 is 17.1 Å². The molecule has 0 spiro atoms. The summed E-state index contributed by atoms with van der Waals surface area (Å²) in [5.41, 5.74) is 0. The van der Waals surface area contributed by atoms with Crippen molar-refractivity contribution in [1.29, 1.82) is 0 Å². The first-order valence-electron chi connectivity index (χ1n) is 10.5. The molecule has 0 atom stereocenters. The predicted octanol–water partition coefficient (Wildman–Crippen LogP) is 6.40. The molecule has 0 aliphatic carbocycles. The highest BCUT2D eigenvalue weighted by atomic mass is 28.4. The van der Waals surface area contributed by atoms with E-state index < -0.39 is 17.1 Å². The van der Waals surface area contributed by atoms with E-state index in [1.165, 1.54) is 0 Å². The lowest BCUT2D eigenvalue weighted by atomic mass is 10.2. The summed E-state index contributed by atoms with van der Waals surface area (Å²) in [5.74, 6) is 0. The van der Waals surface area contributed by atoms with Crippen molar-refractivity contribution in [2.45, 2.75) is 104 Å². The van der Waals surface area contributed by atoms with E-state index in [1.807, 2.05) is 0 Å². The third-order valence-electron chi connectivity index (χ3n) is 5.06. The third-order valence-corrected chi connectivity index (χ3v) is 14.7. The molecule has 0 bridgehead atoms. The second-order valence-corrected chi connectivity index (χ2v) is 17.1. The van der Waals surface area contributed by atoms with Crippen LogP contribution in [0, 0.1) is 0 Å². The largest absolute Gasteiger partial charge is 0.394 e. The van der Waals surface area contributed by atoms with Gasteiger partial charge in [0.25, 0.3) is 0 Å². The molecule has 0 aliphatic heterocycles. The lowest BCUT2D eigenvalue weighted by molar-refractivity contribution is 0.155. The minimum absolute atomic E-state index is 0.0669. The van der Waals surface area contributed by atoms with Crippen LogP contribution in [-0.4, -0.2) is 43.5 Å². The van der Waals surface area contributed by atoms with Crippen molar-refractivity contribution < 1.29 is 17.7 Å². The lowest BCUT2D eigenvalue weighted by Crippen LogP contribution is -2.51. The van der Waals surface area contributed by atoms with Crippen LogP contribution in [-0.2, 0) is 17.7 Å². The second kappa shape index (κ2) is 11.3. The Hall–Kier alpha value is 0.274. The highest BCUT2D eigenvalue weighted by Crippen LogP contribution is 2.44. The summed E-state index contributed by atoms with van der Waals surface area (Å²) in [4.78, 5) is 0. The first-order chi connectivity index (χ1) is 11.9. The Morgan fingerprint density at radius 1 is 0.500 bits per heavy atom. The molecular weight excluding hydrogens is 360 g/mol. The van der Waals surface area contributed by atoms with Gasteiger partial charge in [-0.05, 0) is 39.8 Å². The molecular formula is C20H46O4Si2. The molecule has 0 heterocycles. The molecule has 0 saturated carbocycles. The maximum absolute atomic E-state index is 6.29. The van der Waals surface area contributed by atoms with E-state index in [9.17, 15) is 0 Å². The Morgan fingerprint density at radius 2 is 0.731 bits per heavy atom. The van der Waals surface area contributed by atoms with Gasteiger partial charge in [0.1, 0.15) is 0 Å². The van der Waals surface area contributed by atoms with Crippen molar-refractivity contribution in [3.8, 4) is 0 Å². The second-order valence-electron chi connectivity index (χ2n) is 8.94. The van der Waals surface area contributed by atoms with Crippen LogP contribution in [0.4, 0.5) is 0 Å². The van der Waals surface area contributed by atoms with Crippen LogP contribution in [0.5, 0.6) is 0 Å². The average Bonchev–Trinajstić information content (AvgIpc) is 2.49. The van der Waals surface area contributed by atoms with Gasteiger partial charge < -0.3 is 17.7 Å². The van der Waals surface area contributed by atoms with Gasteiger partial charge >= 0.3 is 17.1 Å². The van der Waals surface area contributed by atoms with Crippen LogP contribution in [0.3, 0.4) is 0 Å². The quantitative estimate of drug-likeness (QED) is 0.262. The fraction of sp³-hybridized carbons (Fsp3) is 1.00. The Balaban J connectivity index is 5.12. The van der Waals surface area contributed by atoms with E-state index in [0.717, 1.165) is 51.4 Å². The molecule has 158 valence electrons. The Bertz CT molecular complexity index is 327. The molecule has 0 aliphatic rings. The molecule has 0 aromatic carbocycles. The van der Waals surface area contributed by atoms with Crippen LogP contribution in [0.2, 0.25) is 22.2 Å². The number of rotatable bonds is 13. The molecule has 0 aromatic heterocycles. The molecule has 0 amide bonds. The zero-order chi connectivity index (χ0) is 20.5. The van der Waals surface area contributed by atoms with Gasteiger partial charge in [-0.3, -0.25) is 0 Å². The van der Waals surface area contributed by atoms with Crippen molar-refractivity contribution in [3.05, 3.63) is 0 Å². The summed E-state index contributed by atoms with van der Waals surface area (Å²) in [6.45, 7) is 24.8. The van der Waals surface area contributed by atoms with Crippen LogP contribution < -0.4 is 0 Å². The SMILES string of the molecule is CCO[Si](CCCC[Si](OCC)(OCC)C(C)(C)C)(OCC)C(C)(C)C. The molecule has 0 radical (unpaired) electrons. The first-order valence-corrected chi connectivity index (χ1v) is 14.6. The smallest absolute Gasteiger partial charge is 0.343 e. The maximum atomic E-state index is 6.29. The van der Waals surface area contributed by atoms with Crippen molar-refractivity contribution in [2.24, 2.45) is 0 Å². The molecule has 0 saturated heterocycles. The van der Waals surface area contributed by atoms with E-state index in [1.54, 1.807) is 0 Å². The van der Waals surface area contributed by atoms with Gasteiger partial charge in [0.05, 0.1) is 0 Å². The Morgan fingerprint density at radius 3 is 0.885 bits per heavy atom. The van der Waals surface area contributed by atoms with Gasteiger partial charge in [-0.2, -0.15) is 0 Å². The molecule has 0 rings (SSSR count). The van der Waals surface area contributed by atoms with Gasteiger partial charge in [0, 0.05) is 36.5 Å². The molecule has 0 fully saturated rings. The van der Waals surface area contributed by atoms with E-state index in [-0.39, 0.29) is 10.1 Å². The normalized spacial score (nSPS) is 14.1. The Labute approximate surface area is 165 Å². The minimum Gasteiger partial charge on any atom is -0.394 e. The van der Waals surface area contributed by atoms with Crippen molar-refractivity contribution in [3.63, 3.8) is 0 Å². The number of hydrogen-bond donors (Lipinski definition) is 0. The van der Waals surface area contributed by atoms with Crippen LogP contribution in [0.1, 0.15) is 82.1 Å². The van der Waals surface area contributed by atoms with E-state index in [4.69, 9.17) is 17.7 Å². The summed E-state index contributed by atoms with van der Waals surface area (Å²) >= 11 is 0. The first kappa shape index (κ1) is 26.3. The van der Waals surface area contributed by atoms with E-state index in [2.05, 4.69) is 69.2 Å². The van der Waals surface area contributed by atoms with Gasteiger partial charge in [-0.15, -0.1) is 0 Å². The molecule has 0 aromatic rings. The standard InChI is InChI=1S/C20H46O4Si2/c1-11-21-25(22-12-2,19(5,6)7)17-15-16-18-26(23-13-3,24-14-4)20(8,9)10/h11-18H2,1-10H3. The Kier molecular flexibility index (Phi) is 11.4. The zero-order valence-electron chi connectivity index (χ0n) is 19.3. The summed E-state index contributed by atoms with van der Waals surface area (Å²) < 4.78 is 25.2. The van der Waals surface area contributed by atoms with Gasteiger partial charge in [0.15, 0.2) is 0 Å². The third kappa shape index (κ3) is 7.02. The van der Waals surface area contributed by atoms with E-state index >= 15 is 0 Å². The fourth-order valence-corrected chi connectivity index (χ4v) is 10.9. The molecule has 4 nitrogen and oxygen atoms in total. The summed E-state index contributed by atoms with van der Waals surface area (Å²) in [6, 6.07) is 2.07. The fourth-order valence-electron chi connectivity index (χ4n) is 3.64. The molecule has 6 heteroatoms. The van der Waals surface area contributed by atoms with Crippen LogP contribution >= 0.6 is 0 Å². The number of unbranched alkanes of at least 4 members (excludes halogenated alkanes) is 1. The van der Waals surface area contributed by atoms with Crippen molar-refractivity contribution in [2.75, 3.05) is 26.4 Å². The van der Waals surface area contributed by atoms with Crippen molar-refractivity contribution in [1.82, 2.24) is 0 Å². The molecule has 0 N–H and O–H groups in total. The summed E-state index contributed by atoms with van der Waals surface area (Å²) in [6.07, 6.45) is 2.21. The molecule has 0 unspecified atom stereocenters. The lowest BCUT2D eigenvalue weighted by Gasteiger charge is -2.42. The highest BCUT2D eigenvalue weighted by molar-refractivity contribution is 6.71. The van der Waals surface area contributed by atoms with Crippen LogP contribution in [0.25, 0.3) is 0 Å². The van der Waals surface area contributed by atoms with E-state index in [0.29, 0.717) is 0 Å². The topological polar surface area (TPSA) is 36.9 Å². The van der Waals surface area contributed by atoms with Gasteiger partial charge in [-0.25, -0.2) is 0 Å². The van der Waals surface area contributed by atoms with Gasteiger partial charge in [0.2, 0.25) is 0 Å². The van der Waals surface area contributed by atoms with Gasteiger partial charge in [-0.1, -0.05) is 54.4 Å². The monoisotopic (exact) mass is 406 g/mol. The summed E-state index contributed by atoms with van der Waals surface area (Å²) in [7, 11) is -4.49. The maximum Gasteiger partial charge on any atom is 0.343 e. The summed E-state index contributed by atoms with van der Waals surface area (Å²) in [5, 5.41) is 0.134. The highest BCUT2D eigenvalue weighted by Gasteiger charge is 2.50. The molecule has 26 heavy (non-hydrogen) atoms. The zero-order valence-corrected chi connectivity index (χ0v) is 21.3. The predicted molar refractivity (Wildman–Crippen MR) is 116 cm³/mol. The number of hydrogen-bond acceptors (Lipinski definition) is 4.